The molecule has 11 heteroatoms. The number of alkyl halides is 3. The van der Waals surface area contributed by atoms with Crippen LogP contribution in [0.1, 0.15) is 18.9 Å². The van der Waals surface area contributed by atoms with E-state index in [1.165, 1.54) is 11.0 Å². The lowest BCUT2D eigenvalue weighted by atomic mass is 10.1. The summed E-state index contributed by atoms with van der Waals surface area (Å²) in [6.07, 6.45) is -4.77. The third-order valence-corrected chi connectivity index (χ3v) is 5.15. The monoisotopic (exact) mass is 484 g/mol. The molecule has 2 amide bonds. The zero-order valence-electron chi connectivity index (χ0n) is 17.4. The molecule has 0 spiro atoms. The molecule has 176 valence electrons. The minimum atomic E-state index is -4.69. The van der Waals surface area contributed by atoms with Gasteiger partial charge in [-0.1, -0.05) is 11.6 Å². The van der Waals surface area contributed by atoms with Crippen molar-refractivity contribution in [2.24, 2.45) is 5.92 Å². The van der Waals surface area contributed by atoms with Gasteiger partial charge >= 0.3 is 12.1 Å². The van der Waals surface area contributed by atoms with E-state index in [2.05, 4.69) is 5.32 Å². The second-order valence-corrected chi connectivity index (χ2v) is 7.59. The molecule has 3 rings (SSSR count). The van der Waals surface area contributed by atoms with Crippen LogP contribution < -0.4 is 15.0 Å². The number of rotatable bonds is 7. The fraction of sp³-hybridized carbons (Fsp3) is 0.318. The molecular weight excluding hydrogens is 465 g/mol. The number of ether oxygens (including phenoxy) is 2. The van der Waals surface area contributed by atoms with Crippen molar-refractivity contribution in [2.75, 3.05) is 30.0 Å². The van der Waals surface area contributed by atoms with E-state index in [-0.39, 0.29) is 24.6 Å². The molecule has 2 aromatic rings. The third-order valence-electron chi connectivity index (χ3n) is 4.82. The molecule has 0 radical (unpaired) electrons. The molecule has 2 aromatic carbocycles. The van der Waals surface area contributed by atoms with Gasteiger partial charge < -0.3 is 19.7 Å². The maximum Gasteiger partial charge on any atom is 0.417 e. The highest BCUT2D eigenvalue weighted by Gasteiger charge is 2.36. The first-order valence-electron chi connectivity index (χ1n) is 9.95. The van der Waals surface area contributed by atoms with Gasteiger partial charge in [0.25, 0.3) is 5.91 Å². The normalized spacial score (nSPS) is 16.0. The minimum absolute atomic E-state index is 0.0827. The molecular formula is C22H20ClF3N2O5. The number of carbonyl (C=O) groups excluding carboxylic acids is 3. The van der Waals surface area contributed by atoms with E-state index < -0.39 is 41.2 Å². The van der Waals surface area contributed by atoms with Gasteiger partial charge in [0, 0.05) is 24.3 Å². The maximum absolute atomic E-state index is 12.9. The van der Waals surface area contributed by atoms with Crippen LogP contribution in [0.3, 0.4) is 0 Å². The van der Waals surface area contributed by atoms with Crippen molar-refractivity contribution >= 4 is 40.8 Å². The summed E-state index contributed by atoms with van der Waals surface area (Å²) < 4.78 is 49.1. The van der Waals surface area contributed by atoms with E-state index in [1.54, 1.807) is 24.3 Å². The van der Waals surface area contributed by atoms with Crippen LogP contribution in [-0.2, 0) is 25.3 Å². The molecule has 1 saturated heterocycles. The van der Waals surface area contributed by atoms with Gasteiger partial charge in [0.15, 0.2) is 6.61 Å². The van der Waals surface area contributed by atoms with Crippen LogP contribution in [0.25, 0.3) is 0 Å². The van der Waals surface area contributed by atoms with Crippen LogP contribution in [0.5, 0.6) is 5.75 Å². The van der Waals surface area contributed by atoms with Crippen molar-refractivity contribution in [1.82, 2.24) is 0 Å². The molecule has 1 fully saturated rings. The van der Waals surface area contributed by atoms with Crippen molar-refractivity contribution in [3.8, 4) is 5.75 Å². The van der Waals surface area contributed by atoms with E-state index in [0.717, 1.165) is 6.07 Å². The van der Waals surface area contributed by atoms with Crippen LogP contribution in [0.2, 0.25) is 5.02 Å². The first-order chi connectivity index (χ1) is 15.6. The zero-order valence-corrected chi connectivity index (χ0v) is 18.2. The topological polar surface area (TPSA) is 84.9 Å². The number of nitrogens with zero attached hydrogens (tertiary/aromatic N) is 1. The molecule has 0 unspecified atom stereocenters. The van der Waals surface area contributed by atoms with Crippen LogP contribution in [0.4, 0.5) is 24.5 Å². The summed E-state index contributed by atoms with van der Waals surface area (Å²) in [5.41, 5.74) is -0.650. The summed E-state index contributed by atoms with van der Waals surface area (Å²) in [7, 11) is 0. The number of hydrogen-bond donors (Lipinski definition) is 1. The van der Waals surface area contributed by atoms with Crippen molar-refractivity contribution in [1.29, 1.82) is 0 Å². The summed E-state index contributed by atoms with van der Waals surface area (Å²) in [5.74, 6) is -1.97. The Labute approximate surface area is 192 Å². The van der Waals surface area contributed by atoms with Gasteiger partial charge in [-0.2, -0.15) is 13.2 Å². The Hall–Kier alpha value is -3.27. The highest BCUT2D eigenvalue weighted by Crippen LogP contribution is 2.36. The number of benzene rings is 2. The second-order valence-electron chi connectivity index (χ2n) is 7.18. The summed E-state index contributed by atoms with van der Waals surface area (Å²) in [6.45, 7) is 1.73. The minimum Gasteiger partial charge on any atom is -0.494 e. The van der Waals surface area contributed by atoms with Crippen molar-refractivity contribution in [2.45, 2.75) is 19.5 Å². The van der Waals surface area contributed by atoms with Crippen molar-refractivity contribution in [3.63, 3.8) is 0 Å². The smallest absolute Gasteiger partial charge is 0.417 e. The molecule has 1 heterocycles. The fourth-order valence-electron chi connectivity index (χ4n) is 3.28. The Kier molecular flexibility index (Phi) is 7.47. The molecule has 0 bridgehead atoms. The van der Waals surface area contributed by atoms with Gasteiger partial charge in [-0.3, -0.25) is 14.4 Å². The quantitative estimate of drug-likeness (QED) is 0.593. The Morgan fingerprint density at radius 1 is 1.18 bits per heavy atom. The molecule has 1 atom stereocenters. The van der Waals surface area contributed by atoms with Gasteiger partial charge in [0.1, 0.15) is 5.75 Å². The summed E-state index contributed by atoms with van der Waals surface area (Å²) in [4.78, 5) is 38.1. The molecule has 0 aliphatic carbocycles. The van der Waals surface area contributed by atoms with Crippen LogP contribution in [0.15, 0.2) is 42.5 Å². The van der Waals surface area contributed by atoms with Gasteiger partial charge in [-0.05, 0) is 49.4 Å². The molecule has 33 heavy (non-hydrogen) atoms. The van der Waals surface area contributed by atoms with Crippen LogP contribution in [0, 0.1) is 5.92 Å². The Morgan fingerprint density at radius 3 is 2.52 bits per heavy atom. The van der Waals surface area contributed by atoms with Gasteiger partial charge in [-0.15, -0.1) is 0 Å². The van der Waals surface area contributed by atoms with E-state index in [4.69, 9.17) is 21.1 Å². The second kappa shape index (κ2) is 10.1. The van der Waals surface area contributed by atoms with Crippen LogP contribution >= 0.6 is 11.6 Å². The van der Waals surface area contributed by atoms with E-state index in [1.807, 2.05) is 6.92 Å². The van der Waals surface area contributed by atoms with Gasteiger partial charge in [0.05, 0.1) is 23.1 Å². The summed E-state index contributed by atoms with van der Waals surface area (Å²) in [6, 6.07) is 9.71. The largest absolute Gasteiger partial charge is 0.494 e. The molecule has 0 saturated carbocycles. The van der Waals surface area contributed by atoms with Crippen molar-refractivity contribution < 1.29 is 37.0 Å². The van der Waals surface area contributed by atoms with Gasteiger partial charge in [-0.25, -0.2) is 0 Å². The van der Waals surface area contributed by atoms with Crippen molar-refractivity contribution in [3.05, 3.63) is 53.1 Å². The number of amides is 2. The molecule has 0 aromatic heterocycles. The van der Waals surface area contributed by atoms with Crippen LogP contribution in [-0.4, -0.2) is 37.5 Å². The summed E-state index contributed by atoms with van der Waals surface area (Å²) >= 11 is 5.54. The maximum atomic E-state index is 12.9. The first-order valence-corrected chi connectivity index (χ1v) is 10.3. The lowest BCUT2D eigenvalue weighted by molar-refractivity contribution is -0.151. The number of halogens is 4. The fourth-order valence-corrected chi connectivity index (χ4v) is 3.50. The van der Waals surface area contributed by atoms with E-state index in [0.29, 0.717) is 24.1 Å². The SMILES string of the molecule is CCOc1ccc(N2C[C@@H](C(=O)OCC(=O)Nc3ccc(Cl)c(C(F)(F)F)c3)CC2=O)cc1. The summed E-state index contributed by atoms with van der Waals surface area (Å²) in [5, 5.41) is 1.72. The van der Waals surface area contributed by atoms with E-state index in [9.17, 15) is 27.6 Å². The number of carbonyl (C=O) groups is 3. The predicted octanol–water partition coefficient (Wildman–Crippen LogP) is 4.29. The predicted molar refractivity (Wildman–Crippen MR) is 114 cm³/mol. The number of nitrogens with one attached hydrogen (secondary N) is 1. The van der Waals surface area contributed by atoms with Gasteiger partial charge in [0.2, 0.25) is 5.91 Å². The third kappa shape index (κ3) is 6.16. The zero-order chi connectivity index (χ0) is 24.2. The Bertz CT molecular complexity index is 1040. The standard InChI is InChI=1S/C22H20ClF3N2O5/c1-2-32-16-6-4-15(5-7-16)28-11-13(9-20(28)30)21(31)33-12-19(29)27-14-3-8-18(23)17(10-14)22(24,25)26/h3-8,10,13H,2,9,11-12H2,1H3,(H,27,29)/t13-/m0/s1. The first kappa shape index (κ1) is 24.4. The molecule has 7 nitrogen and oxygen atoms in total. The number of esters is 1. The number of hydrogen-bond acceptors (Lipinski definition) is 5. The Morgan fingerprint density at radius 2 is 1.88 bits per heavy atom. The highest BCUT2D eigenvalue weighted by molar-refractivity contribution is 6.31. The molecule has 1 N–H and O–H groups in total. The average molecular weight is 485 g/mol. The number of anilines is 2. The van der Waals surface area contributed by atoms with E-state index >= 15 is 0 Å². The Balaban J connectivity index is 1.53. The lowest BCUT2D eigenvalue weighted by Crippen LogP contribution is -2.28. The molecule has 1 aliphatic rings. The average Bonchev–Trinajstić information content (AvgIpc) is 3.15. The molecule has 1 aliphatic heterocycles. The lowest BCUT2D eigenvalue weighted by Gasteiger charge is -2.17. The highest BCUT2D eigenvalue weighted by atomic mass is 35.5.